The molecule has 0 aliphatic heterocycles. The maximum atomic E-state index is 14.8. The fourth-order valence-electron chi connectivity index (χ4n) is 3.14. The minimum Gasteiger partial charge on any atom is -0.359 e. The molecule has 2 aromatic carbocycles. The Labute approximate surface area is 178 Å². The summed E-state index contributed by atoms with van der Waals surface area (Å²) >= 11 is 0. The molecule has 156 valence electrons. The van der Waals surface area contributed by atoms with E-state index in [0.717, 1.165) is 22.5 Å². The van der Waals surface area contributed by atoms with E-state index in [0.29, 0.717) is 22.8 Å². The Morgan fingerprint density at radius 3 is 2.84 bits per heavy atom. The third kappa shape index (κ3) is 4.69. The van der Waals surface area contributed by atoms with Gasteiger partial charge in [-0.15, -0.1) is 0 Å². The highest BCUT2D eigenvalue weighted by Gasteiger charge is 2.10. The topological polar surface area (TPSA) is 94.7 Å². The first-order valence-corrected chi connectivity index (χ1v) is 9.66. The van der Waals surface area contributed by atoms with E-state index < -0.39 is 0 Å². The van der Waals surface area contributed by atoms with E-state index in [9.17, 15) is 9.18 Å². The zero-order valence-electron chi connectivity index (χ0n) is 17.0. The van der Waals surface area contributed by atoms with Crippen molar-refractivity contribution in [3.05, 3.63) is 77.9 Å². The van der Waals surface area contributed by atoms with E-state index in [4.69, 9.17) is 0 Å². The van der Waals surface area contributed by atoms with Crippen LogP contribution in [0.3, 0.4) is 0 Å². The molecule has 0 unspecified atom stereocenters. The van der Waals surface area contributed by atoms with Crippen LogP contribution in [0.1, 0.15) is 11.3 Å². The van der Waals surface area contributed by atoms with Crippen molar-refractivity contribution in [2.75, 3.05) is 17.7 Å². The first-order chi connectivity index (χ1) is 15.0. The average Bonchev–Trinajstić information content (AvgIpc) is 3.16. The van der Waals surface area contributed by atoms with E-state index in [-0.39, 0.29) is 11.7 Å². The minimum atomic E-state index is -0.342. The third-order valence-corrected chi connectivity index (χ3v) is 4.61. The Morgan fingerprint density at radius 1 is 1.13 bits per heavy atom. The summed E-state index contributed by atoms with van der Waals surface area (Å²) in [4.78, 5) is 23.1. The second kappa shape index (κ2) is 8.66. The number of amides is 1. The van der Waals surface area contributed by atoms with Crippen molar-refractivity contribution >= 4 is 46.0 Å². The lowest BCUT2D eigenvalue weighted by Crippen LogP contribution is -2.13. The smallest absolute Gasteiger partial charge is 0.243 e. The van der Waals surface area contributed by atoms with Crippen molar-refractivity contribution in [3.8, 4) is 0 Å². The summed E-state index contributed by atoms with van der Waals surface area (Å²) < 4.78 is 14.8. The molecule has 0 radical (unpaired) electrons. The summed E-state index contributed by atoms with van der Waals surface area (Å²) in [5.74, 6) is 0.293. The molecule has 7 nitrogen and oxygen atoms in total. The molecule has 8 heteroatoms. The van der Waals surface area contributed by atoms with Crippen molar-refractivity contribution in [1.29, 1.82) is 0 Å². The molecule has 0 aliphatic carbocycles. The van der Waals surface area contributed by atoms with E-state index >= 15 is 0 Å². The van der Waals surface area contributed by atoms with Crippen molar-refractivity contribution in [2.45, 2.75) is 6.92 Å². The Balaban J connectivity index is 1.52. The number of nitrogens with one attached hydrogen (secondary N) is 4. The number of nitrogens with zero attached hydrogens (tertiary/aromatic N) is 2. The number of hydrogen-bond acceptors (Lipinski definition) is 5. The van der Waals surface area contributed by atoms with Gasteiger partial charge >= 0.3 is 0 Å². The molecule has 0 aliphatic rings. The lowest BCUT2D eigenvalue weighted by Gasteiger charge is -2.10. The number of likely N-dealkylation sites (N-methyl/N-ethyl adjacent to an activating group) is 1. The van der Waals surface area contributed by atoms with Crippen LogP contribution < -0.4 is 16.0 Å². The number of aromatic amines is 1. The first-order valence-electron chi connectivity index (χ1n) is 9.66. The maximum absolute atomic E-state index is 14.8. The molecule has 0 fully saturated rings. The van der Waals surface area contributed by atoms with Gasteiger partial charge in [-0.2, -0.15) is 4.98 Å². The molecule has 2 heterocycles. The van der Waals surface area contributed by atoms with E-state index in [1.54, 1.807) is 37.5 Å². The van der Waals surface area contributed by atoms with E-state index in [1.165, 1.54) is 6.08 Å². The summed E-state index contributed by atoms with van der Waals surface area (Å²) in [7, 11) is 1.58. The number of carbonyl (C=O) groups excluding carboxylic acids is 1. The highest BCUT2D eigenvalue weighted by atomic mass is 19.1. The van der Waals surface area contributed by atoms with Gasteiger partial charge in [-0.25, -0.2) is 9.37 Å². The van der Waals surface area contributed by atoms with Gasteiger partial charge in [0.15, 0.2) is 5.82 Å². The van der Waals surface area contributed by atoms with Gasteiger partial charge in [-0.05, 0) is 55.0 Å². The van der Waals surface area contributed by atoms with Gasteiger partial charge in [0, 0.05) is 41.6 Å². The lowest BCUT2D eigenvalue weighted by atomic mass is 10.2. The van der Waals surface area contributed by atoms with Crippen LogP contribution in [0.4, 0.5) is 27.5 Å². The molecule has 0 saturated carbocycles. The van der Waals surface area contributed by atoms with E-state index in [2.05, 4.69) is 30.9 Å². The number of carbonyl (C=O) groups is 1. The van der Waals surface area contributed by atoms with Crippen LogP contribution in [0.2, 0.25) is 0 Å². The van der Waals surface area contributed by atoms with Crippen LogP contribution in [0, 0.1) is 12.7 Å². The molecule has 0 bridgehead atoms. The Bertz CT molecular complexity index is 1280. The van der Waals surface area contributed by atoms with Crippen LogP contribution in [0.15, 0.2) is 60.8 Å². The Hall–Kier alpha value is -4.20. The number of halogens is 1. The molecule has 1 amide bonds. The van der Waals surface area contributed by atoms with Crippen molar-refractivity contribution in [2.24, 2.45) is 0 Å². The molecule has 4 aromatic rings. The number of aryl methyl sites for hydroxylation is 1. The molecule has 4 rings (SSSR count). The van der Waals surface area contributed by atoms with Crippen LogP contribution in [-0.2, 0) is 4.79 Å². The molecular formula is C23H21FN6O. The maximum Gasteiger partial charge on any atom is 0.243 e. The van der Waals surface area contributed by atoms with Crippen LogP contribution in [-0.4, -0.2) is 27.9 Å². The van der Waals surface area contributed by atoms with Gasteiger partial charge in [0.05, 0.1) is 5.69 Å². The van der Waals surface area contributed by atoms with Gasteiger partial charge in [0.2, 0.25) is 11.9 Å². The van der Waals surface area contributed by atoms with Crippen molar-refractivity contribution in [1.82, 2.24) is 20.3 Å². The lowest BCUT2D eigenvalue weighted by molar-refractivity contribution is -0.115. The number of anilines is 4. The number of aromatic nitrogens is 3. The van der Waals surface area contributed by atoms with Gasteiger partial charge in [-0.3, -0.25) is 4.79 Å². The summed E-state index contributed by atoms with van der Waals surface area (Å²) in [5, 5.41) is 9.20. The zero-order chi connectivity index (χ0) is 21.8. The van der Waals surface area contributed by atoms with Gasteiger partial charge < -0.3 is 20.9 Å². The zero-order valence-corrected chi connectivity index (χ0v) is 17.0. The standard InChI is InChI=1S/C23H21FN6O/c1-14-12-17-18(27-14)7-8-19(22(17)24)29-20-10-11-26-23(30-20)28-16-5-3-4-15(13-16)6-9-21(31)25-2/h3-13,27H,1-2H3,(H,25,31)(H2,26,28,29,30). The van der Waals surface area contributed by atoms with Crippen LogP contribution in [0.5, 0.6) is 0 Å². The average molecular weight is 416 g/mol. The predicted octanol–water partition coefficient (Wildman–Crippen LogP) is 4.65. The normalized spacial score (nSPS) is 11.1. The molecule has 0 atom stereocenters. The summed E-state index contributed by atoms with van der Waals surface area (Å²) in [6.45, 7) is 1.89. The van der Waals surface area contributed by atoms with Gasteiger partial charge in [0.1, 0.15) is 5.82 Å². The monoisotopic (exact) mass is 416 g/mol. The third-order valence-electron chi connectivity index (χ3n) is 4.61. The van der Waals surface area contributed by atoms with Crippen LogP contribution in [0.25, 0.3) is 17.0 Å². The second-order valence-electron chi connectivity index (χ2n) is 6.93. The van der Waals surface area contributed by atoms with Crippen LogP contribution >= 0.6 is 0 Å². The minimum absolute atomic E-state index is 0.180. The molecular weight excluding hydrogens is 395 g/mol. The molecule has 31 heavy (non-hydrogen) atoms. The number of fused-ring (bicyclic) bond motifs is 1. The predicted molar refractivity (Wildman–Crippen MR) is 121 cm³/mol. The number of hydrogen-bond donors (Lipinski definition) is 4. The largest absolute Gasteiger partial charge is 0.359 e. The van der Waals surface area contributed by atoms with Crippen molar-refractivity contribution < 1.29 is 9.18 Å². The van der Waals surface area contributed by atoms with E-state index in [1.807, 2.05) is 37.3 Å². The fourth-order valence-corrected chi connectivity index (χ4v) is 3.14. The molecule has 0 saturated heterocycles. The highest BCUT2D eigenvalue weighted by molar-refractivity contribution is 5.91. The summed E-state index contributed by atoms with van der Waals surface area (Å²) in [5.41, 5.74) is 3.58. The summed E-state index contributed by atoms with van der Waals surface area (Å²) in [6.07, 6.45) is 4.76. The summed E-state index contributed by atoms with van der Waals surface area (Å²) in [6, 6.07) is 14.4. The Morgan fingerprint density at radius 2 is 2.00 bits per heavy atom. The molecule has 4 N–H and O–H groups in total. The molecule has 0 spiro atoms. The Kier molecular flexibility index (Phi) is 5.61. The highest BCUT2D eigenvalue weighted by Crippen LogP contribution is 2.27. The second-order valence-corrected chi connectivity index (χ2v) is 6.93. The quantitative estimate of drug-likeness (QED) is 0.343. The first kappa shape index (κ1) is 20.1. The molecule has 2 aromatic heterocycles. The van der Waals surface area contributed by atoms with Crippen molar-refractivity contribution in [3.63, 3.8) is 0 Å². The van der Waals surface area contributed by atoms with Gasteiger partial charge in [0.25, 0.3) is 0 Å². The van der Waals surface area contributed by atoms with Gasteiger partial charge in [-0.1, -0.05) is 12.1 Å². The number of benzene rings is 2. The SMILES string of the molecule is CNC(=O)C=Cc1cccc(Nc2nccc(Nc3ccc4[nH]c(C)cc4c3F)n2)c1. The number of H-pyrrole nitrogens is 1. The number of rotatable bonds is 6. The fraction of sp³-hybridized carbons (Fsp3) is 0.0870.